The molecule has 2 rings (SSSR count). The third-order valence-electron chi connectivity index (χ3n) is 3.84. The molecule has 1 N–H and O–H groups in total. The Labute approximate surface area is 160 Å². The molecule has 1 saturated heterocycles. The van der Waals surface area contributed by atoms with Crippen molar-refractivity contribution in [3.8, 4) is 0 Å². The van der Waals surface area contributed by atoms with E-state index in [2.05, 4.69) is 17.1 Å². The highest BCUT2D eigenvalue weighted by molar-refractivity contribution is 6.44. The summed E-state index contributed by atoms with van der Waals surface area (Å²) in [5.41, 5.74) is 0.996. The Morgan fingerprint density at radius 2 is 1.68 bits per heavy atom. The highest BCUT2D eigenvalue weighted by atomic mass is 35.5. The minimum Gasteiger partial charge on any atom is -0.314 e. The number of nitrogens with one attached hydrogen (secondary N) is 1. The number of unbranched alkanes of at least 4 members (excludes halogenated alkanes) is 1. The van der Waals surface area contributed by atoms with Gasteiger partial charge in [-0.3, -0.25) is 4.90 Å². The molecule has 22 heavy (non-hydrogen) atoms. The van der Waals surface area contributed by atoms with E-state index in [4.69, 9.17) is 34.8 Å². The van der Waals surface area contributed by atoms with E-state index in [1.165, 1.54) is 6.42 Å². The maximum Gasteiger partial charge on any atom is 0.0655 e. The molecule has 1 aliphatic heterocycles. The van der Waals surface area contributed by atoms with Crippen LogP contribution in [0.2, 0.25) is 15.1 Å². The maximum atomic E-state index is 6.43. The van der Waals surface area contributed by atoms with Gasteiger partial charge in [0.15, 0.2) is 0 Å². The van der Waals surface area contributed by atoms with Crippen LogP contribution in [0.1, 0.15) is 37.8 Å². The number of nitrogens with zero attached hydrogens (tertiary/aromatic N) is 1. The van der Waals surface area contributed by atoms with Gasteiger partial charge >= 0.3 is 0 Å². The van der Waals surface area contributed by atoms with Crippen LogP contribution in [0.3, 0.4) is 0 Å². The van der Waals surface area contributed by atoms with E-state index >= 15 is 0 Å². The quantitative estimate of drug-likeness (QED) is 0.636. The summed E-state index contributed by atoms with van der Waals surface area (Å²) >= 11 is 19.0. The molecule has 1 fully saturated rings. The van der Waals surface area contributed by atoms with Crippen molar-refractivity contribution in [3.05, 3.63) is 32.8 Å². The Morgan fingerprint density at radius 3 is 2.27 bits per heavy atom. The second-order valence-electron chi connectivity index (χ2n) is 5.20. The van der Waals surface area contributed by atoms with Crippen molar-refractivity contribution in [1.82, 2.24) is 10.2 Å². The van der Waals surface area contributed by atoms with E-state index in [0.29, 0.717) is 10.0 Å². The third kappa shape index (κ3) is 5.59. The summed E-state index contributed by atoms with van der Waals surface area (Å²) in [4.78, 5) is 2.47. The number of benzene rings is 1. The highest BCUT2D eigenvalue weighted by Gasteiger charge is 2.26. The minimum absolute atomic E-state index is 0. The van der Waals surface area contributed by atoms with Crippen LogP contribution in [0.25, 0.3) is 0 Å². The lowest BCUT2D eigenvalue weighted by molar-refractivity contribution is 0.163. The van der Waals surface area contributed by atoms with Gasteiger partial charge in [0.2, 0.25) is 0 Å². The van der Waals surface area contributed by atoms with Gasteiger partial charge in [0.05, 0.1) is 10.0 Å². The lowest BCUT2D eigenvalue weighted by Gasteiger charge is -2.36. The average molecular weight is 409 g/mol. The molecule has 1 atom stereocenters. The molecular weight excluding hydrogens is 385 g/mol. The van der Waals surface area contributed by atoms with Gasteiger partial charge in [-0.1, -0.05) is 54.6 Å². The van der Waals surface area contributed by atoms with Gasteiger partial charge in [0.25, 0.3) is 0 Å². The minimum atomic E-state index is 0. The van der Waals surface area contributed by atoms with E-state index in [0.717, 1.165) is 49.6 Å². The van der Waals surface area contributed by atoms with E-state index in [1.54, 1.807) is 6.07 Å². The zero-order chi connectivity index (χ0) is 14.5. The fourth-order valence-electron chi connectivity index (χ4n) is 2.75. The zero-order valence-electron chi connectivity index (χ0n) is 12.6. The van der Waals surface area contributed by atoms with Gasteiger partial charge in [-0.25, -0.2) is 0 Å². The van der Waals surface area contributed by atoms with E-state index < -0.39 is 0 Å². The molecule has 7 heteroatoms. The number of halogens is 5. The molecule has 1 aromatic carbocycles. The monoisotopic (exact) mass is 406 g/mol. The fourth-order valence-corrected chi connectivity index (χ4v) is 3.54. The first-order chi connectivity index (χ1) is 9.65. The Balaban J connectivity index is 0.00000220. The number of rotatable bonds is 5. The summed E-state index contributed by atoms with van der Waals surface area (Å²) in [6, 6.07) is 3.88. The second kappa shape index (κ2) is 11.2. The summed E-state index contributed by atoms with van der Waals surface area (Å²) in [5.74, 6) is 0. The van der Waals surface area contributed by atoms with Crippen LogP contribution >= 0.6 is 59.6 Å². The van der Waals surface area contributed by atoms with Gasteiger partial charge in [0.1, 0.15) is 0 Å². The number of hydrogen-bond donors (Lipinski definition) is 1. The van der Waals surface area contributed by atoms with Gasteiger partial charge in [-0.2, -0.15) is 0 Å². The molecule has 0 radical (unpaired) electrons. The maximum absolute atomic E-state index is 6.43. The van der Waals surface area contributed by atoms with Crippen LogP contribution in [-0.2, 0) is 0 Å². The molecule has 0 aromatic heterocycles. The molecule has 1 heterocycles. The summed E-state index contributed by atoms with van der Waals surface area (Å²) < 4.78 is 0. The molecule has 1 aromatic rings. The Bertz CT molecular complexity index is 450. The first-order valence-corrected chi connectivity index (χ1v) is 8.36. The van der Waals surface area contributed by atoms with E-state index in [9.17, 15) is 0 Å². The standard InChI is InChI=1S/C15H21Cl3N2.2ClH/c1-2-3-4-13(20-9-7-19-8-10-20)14-11(16)5-6-12(17)15(14)18;;/h5-6,13,19H,2-4,7-10H2,1H3;2*1H/t13-;;/m0../s1. The molecule has 0 aliphatic carbocycles. The third-order valence-corrected chi connectivity index (χ3v) is 4.98. The SMILES string of the molecule is CCCC[C@@H](c1c(Cl)ccc(Cl)c1Cl)N1CCNCC1.Cl.Cl. The molecule has 0 unspecified atom stereocenters. The first-order valence-electron chi connectivity index (χ1n) is 7.23. The molecule has 0 bridgehead atoms. The smallest absolute Gasteiger partial charge is 0.0655 e. The van der Waals surface area contributed by atoms with Gasteiger partial charge in [-0.15, -0.1) is 24.8 Å². The van der Waals surface area contributed by atoms with E-state index in [1.807, 2.05) is 6.07 Å². The summed E-state index contributed by atoms with van der Waals surface area (Å²) in [7, 11) is 0. The normalized spacial score (nSPS) is 16.5. The van der Waals surface area contributed by atoms with Crippen molar-refractivity contribution in [3.63, 3.8) is 0 Å². The van der Waals surface area contributed by atoms with Crippen molar-refractivity contribution in [1.29, 1.82) is 0 Å². The van der Waals surface area contributed by atoms with Gasteiger partial charge in [0, 0.05) is 42.8 Å². The zero-order valence-corrected chi connectivity index (χ0v) is 16.5. The van der Waals surface area contributed by atoms with Crippen LogP contribution in [0.15, 0.2) is 12.1 Å². The van der Waals surface area contributed by atoms with Crippen molar-refractivity contribution in [2.24, 2.45) is 0 Å². The van der Waals surface area contributed by atoms with Gasteiger partial charge < -0.3 is 5.32 Å². The Hall–Kier alpha value is 0.590. The number of hydrogen-bond acceptors (Lipinski definition) is 2. The molecule has 128 valence electrons. The molecule has 1 aliphatic rings. The van der Waals surface area contributed by atoms with Crippen LogP contribution in [0, 0.1) is 0 Å². The molecular formula is C15H23Cl5N2. The van der Waals surface area contributed by atoms with Crippen molar-refractivity contribution >= 4 is 59.6 Å². The molecule has 2 nitrogen and oxygen atoms in total. The first kappa shape index (κ1) is 22.6. The van der Waals surface area contributed by atoms with Crippen LogP contribution in [0.4, 0.5) is 0 Å². The lowest BCUT2D eigenvalue weighted by atomic mass is 9.98. The summed E-state index contributed by atoms with van der Waals surface area (Å²) in [6.45, 7) is 6.27. The second-order valence-corrected chi connectivity index (χ2v) is 6.39. The Morgan fingerprint density at radius 1 is 1.09 bits per heavy atom. The molecule has 0 saturated carbocycles. The average Bonchev–Trinajstić information content (AvgIpc) is 2.47. The van der Waals surface area contributed by atoms with Crippen molar-refractivity contribution in [2.45, 2.75) is 32.2 Å². The topological polar surface area (TPSA) is 15.3 Å². The van der Waals surface area contributed by atoms with Crippen molar-refractivity contribution in [2.75, 3.05) is 26.2 Å². The van der Waals surface area contributed by atoms with Crippen LogP contribution in [0.5, 0.6) is 0 Å². The summed E-state index contributed by atoms with van der Waals surface area (Å²) in [6.07, 6.45) is 3.39. The predicted octanol–water partition coefficient (Wildman–Crippen LogP) is 5.63. The number of piperazine rings is 1. The Kier molecular flexibility index (Phi) is 11.5. The highest BCUT2D eigenvalue weighted by Crippen LogP contribution is 2.40. The lowest BCUT2D eigenvalue weighted by Crippen LogP contribution is -2.45. The largest absolute Gasteiger partial charge is 0.314 e. The van der Waals surface area contributed by atoms with Crippen LogP contribution in [-0.4, -0.2) is 31.1 Å². The van der Waals surface area contributed by atoms with Crippen LogP contribution < -0.4 is 5.32 Å². The van der Waals surface area contributed by atoms with E-state index in [-0.39, 0.29) is 30.9 Å². The molecule has 0 amide bonds. The molecule has 0 spiro atoms. The summed E-state index contributed by atoms with van der Waals surface area (Å²) in [5, 5.41) is 5.30. The predicted molar refractivity (Wildman–Crippen MR) is 103 cm³/mol. The fraction of sp³-hybridized carbons (Fsp3) is 0.600. The van der Waals surface area contributed by atoms with Crippen molar-refractivity contribution < 1.29 is 0 Å². The van der Waals surface area contributed by atoms with Gasteiger partial charge in [-0.05, 0) is 18.6 Å².